The first kappa shape index (κ1) is 16.6. The van der Waals surface area contributed by atoms with Crippen LogP contribution in [0.4, 0.5) is 13.2 Å². The normalized spacial score (nSPS) is 11.5. The smallest absolute Gasteiger partial charge is 0.366 e. The summed E-state index contributed by atoms with van der Waals surface area (Å²) in [4.78, 5) is 12.3. The van der Waals surface area contributed by atoms with Gasteiger partial charge in [-0.05, 0) is 35.0 Å². The van der Waals surface area contributed by atoms with Crippen molar-refractivity contribution in [2.45, 2.75) is 12.7 Å². The summed E-state index contributed by atoms with van der Waals surface area (Å²) < 4.78 is 38.3. The van der Waals surface area contributed by atoms with Gasteiger partial charge < -0.3 is 5.73 Å². The van der Waals surface area contributed by atoms with Gasteiger partial charge in [0.1, 0.15) is 0 Å². The molecule has 0 fully saturated rings. The van der Waals surface area contributed by atoms with Gasteiger partial charge >= 0.3 is 6.18 Å². The Labute approximate surface area is 140 Å². The number of nitrogens with two attached hydrogens (primary N) is 1. The van der Waals surface area contributed by atoms with Gasteiger partial charge in [-0.3, -0.25) is 4.79 Å². The molecule has 0 radical (unpaired) electrons. The summed E-state index contributed by atoms with van der Waals surface area (Å²) in [5.41, 5.74) is 5.79. The van der Waals surface area contributed by atoms with Crippen molar-refractivity contribution in [1.29, 1.82) is 0 Å². The second-order valence-corrected chi connectivity index (χ2v) is 5.28. The van der Waals surface area contributed by atoms with E-state index in [2.05, 4.69) is 15.4 Å². The lowest BCUT2D eigenvalue weighted by atomic mass is 10.1. The van der Waals surface area contributed by atoms with Crippen LogP contribution in [0.25, 0.3) is 11.4 Å². The maximum Gasteiger partial charge on any atom is 0.416 e. The van der Waals surface area contributed by atoms with Crippen molar-refractivity contribution in [3.8, 4) is 11.4 Å². The molecular formula is C16H12F3N5O. The van der Waals surface area contributed by atoms with E-state index >= 15 is 0 Å². The van der Waals surface area contributed by atoms with Gasteiger partial charge in [0.2, 0.25) is 11.7 Å². The number of nitrogens with zero attached hydrogens (tertiary/aromatic N) is 4. The van der Waals surface area contributed by atoms with Crippen LogP contribution in [0.5, 0.6) is 0 Å². The van der Waals surface area contributed by atoms with Gasteiger partial charge in [-0.25, -0.2) is 0 Å². The monoisotopic (exact) mass is 347 g/mol. The summed E-state index contributed by atoms with van der Waals surface area (Å²) in [6, 6.07) is 11.3. The minimum atomic E-state index is -4.44. The molecule has 1 aromatic heterocycles. The Morgan fingerprint density at radius 2 is 1.84 bits per heavy atom. The van der Waals surface area contributed by atoms with Gasteiger partial charge in [0.15, 0.2) is 0 Å². The van der Waals surface area contributed by atoms with Gasteiger partial charge in [-0.2, -0.15) is 18.0 Å². The molecular weight excluding hydrogens is 335 g/mol. The summed E-state index contributed by atoms with van der Waals surface area (Å²) in [7, 11) is 0. The number of alkyl halides is 3. The first-order chi connectivity index (χ1) is 11.8. The first-order valence-electron chi connectivity index (χ1n) is 7.17. The molecule has 3 aromatic rings. The van der Waals surface area contributed by atoms with Crippen LogP contribution in [0, 0.1) is 0 Å². The van der Waals surface area contributed by atoms with Crippen molar-refractivity contribution in [2.24, 2.45) is 5.73 Å². The van der Waals surface area contributed by atoms with E-state index in [1.807, 2.05) is 0 Å². The molecule has 3 rings (SSSR count). The molecule has 25 heavy (non-hydrogen) atoms. The molecule has 1 amide bonds. The zero-order valence-electron chi connectivity index (χ0n) is 12.7. The van der Waals surface area contributed by atoms with E-state index in [0.29, 0.717) is 5.56 Å². The predicted molar refractivity (Wildman–Crippen MR) is 82.3 cm³/mol. The Hall–Kier alpha value is -3.23. The highest BCUT2D eigenvalue weighted by molar-refractivity contribution is 5.92. The topological polar surface area (TPSA) is 86.7 Å². The van der Waals surface area contributed by atoms with Crippen molar-refractivity contribution in [3.63, 3.8) is 0 Å². The van der Waals surface area contributed by atoms with E-state index in [9.17, 15) is 18.0 Å². The number of hydrogen-bond acceptors (Lipinski definition) is 4. The Bertz CT molecular complexity index is 903. The summed E-state index contributed by atoms with van der Waals surface area (Å²) in [6.45, 7) is 0.255. The largest absolute Gasteiger partial charge is 0.416 e. The lowest BCUT2D eigenvalue weighted by Gasteiger charge is -2.06. The Balaban J connectivity index is 1.80. The highest BCUT2D eigenvalue weighted by atomic mass is 19.4. The number of aromatic nitrogens is 4. The van der Waals surface area contributed by atoms with Crippen molar-refractivity contribution >= 4 is 5.91 Å². The maximum atomic E-state index is 12.8. The summed E-state index contributed by atoms with van der Waals surface area (Å²) in [5.74, 6) is -0.433. The highest BCUT2D eigenvalue weighted by Gasteiger charge is 2.30. The van der Waals surface area contributed by atoms with Crippen molar-refractivity contribution < 1.29 is 18.0 Å². The predicted octanol–water partition coefficient (Wildman–Crippen LogP) is 2.51. The SMILES string of the molecule is NC(=O)c1ccc(Cn2nnc(-c3cccc(C(F)(F)F)c3)n2)cc1. The Kier molecular flexibility index (Phi) is 4.22. The molecule has 0 bridgehead atoms. The molecule has 0 saturated heterocycles. The molecule has 2 N–H and O–H groups in total. The van der Waals surface area contributed by atoms with Crippen LogP contribution < -0.4 is 5.73 Å². The van der Waals surface area contributed by atoms with Crippen molar-refractivity contribution in [1.82, 2.24) is 20.2 Å². The summed E-state index contributed by atoms with van der Waals surface area (Å²) in [6.07, 6.45) is -4.44. The van der Waals surface area contributed by atoms with Gasteiger partial charge in [0, 0.05) is 11.1 Å². The van der Waals surface area contributed by atoms with Gasteiger partial charge in [0.05, 0.1) is 12.1 Å². The molecule has 0 atom stereocenters. The van der Waals surface area contributed by atoms with Crippen LogP contribution >= 0.6 is 0 Å². The second-order valence-electron chi connectivity index (χ2n) is 5.28. The fourth-order valence-electron chi connectivity index (χ4n) is 2.20. The molecule has 1 heterocycles. The van der Waals surface area contributed by atoms with Gasteiger partial charge in [0.25, 0.3) is 0 Å². The number of carbonyl (C=O) groups excluding carboxylic acids is 1. The van der Waals surface area contributed by atoms with E-state index in [-0.39, 0.29) is 17.9 Å². The molecule has 0 aliphatic carbocycles. The average Bonchev–Trinajstić information content (AvgIpc) is 3.03. The third-order valence-electron chi connectivity index (χ3n) is 3.46. The molecule has 128 valence electrons. The lowest BCUT2D eigenvalue weighted by Crippen LogP contribution is -2.11. The minimum Gasteiger partial charge on any atom is -0.366 e. The van der Waals surface area contributed by atoms with Crippen molar-refractivity contribution in [2.75, 3.05) is 0 Å². The number of tetrazole rings is 1. The van der Waals surface area contributed by atoms with E-state index in [1.54, 1.807) is 24.3 Å². The minimum absolute atomic E-state index is 0.0971. The van der Waals surface area contributed by atoms with E-state index in [0.717, 1.165) is 17.7 Å². The van der Waals surface area contributed by atoms with Crippen molar-refractivity contribution in [3.05, 3.63) is 65.2 Å². The zero-order valence-corrected chi connectivity index (χ0v) is 12.7. The quantitative estimate of drug-likeness (QED) is 0.786. The first-order valence-corrected chi connectivity index (χ1v) is 7.17. The second kappa shape index (κ2) is 6.34. The molecule has 0 unspecified atom stereocenters. The van der Waals surface area contributed by atoms with Crippen LogP contribution in [0.3, 0.4) is 0 Å². The number of benzene rings is 2. The Morgan fingerprint density at radius 3 is 2.48 bits per heavy atom. The molecule has 0 spiro atoms. The third-order valence-corrected chi connectivity index (χ3v) is 3.46. The van der Waals surface area contributed by atoms with Gasteiger partial charge in [-0.15, -0.1) is 10.2 Å². The van der Waals surface area contributed by atoms with E-state index in [1.165, 1.54) is 16.9 Å². The molecule has 0 aliphatic rings. The van der Waals surface area contributed by atoms with Crippen LogP contribution in [0.1, 0.15) is 21.5 Å². The third kappa shape index (κ3) is 3.82. The molecule has 0 saturated carbocycles. The highest BCUT2D eigenvalue weighted by Crippen LogP contribution is 2.31. The van der Waals surface area contributed by atoms with Crippen LogP contribution in [0.15, 0.2) is 48.5 Å². The average molecular weight is 347 g/mol. The Morgan fingerprint density at radius 1 is 1.12 bits per heavy atom. The van der Waals surface area contributed by atoms with E-state index in [4.69, 9.17) is 5.73 Å². The molecule has 9 heteroatoms. The lowest BCUT2D eigenvalue weighted by molar-refractivity contribution is -0.137. The maximum absolute atomic E-state index is 12.8. The number of carbonyl (C=O) groups is 1. The fraction of sp³-hybridized carbons (Fsp3) is 0.125. The molecule has 6 nitrogen and oxygen atoms in total. The van der Waals surface area contributed by atoms with Crippen LogP contribution in [-0.4, -0.2) is 26.1 Å². The number of primary amides is 1. The van der Waals surface area contributed by atoms with Gasteiger partial charge in [-0.1, -0.05) is 24.3 Å². The van der Waals surface area contributed by atoms with Crippen LogP contribution in [-0.2, 0) is 12.7 Å². The molecule has 0 aliphatic heterocycles. The number of halogens is 3. The summed E-state index contributed by atoms with van der Waals surface area (Å²) >= 11 is 0. The zero-order chi connectivity index (χ0) is 18.0. The molecule has 2 aromatic carbocycles. The van der Waals surface area contributed by atoms with E-state index < -0.39 is 17.6 Å². The number of amides is 1. The standard InChI is InChI=1S/C16H12F3N5O/c17-16(18,19)13-3-1-2-12(8-13)15-21-23-24(22-15)9-10-4-6-11(7-5-10)14(20)25/h1-8H,9H2,(H2,20,25). The summed E-state index contributed by atoms with van der Waals surface area (Å²) in [5, 5.41) is 11.7. The fourth-order valence-corrected chi connectivity index (χ4v) is 2.20. The van der Waals surface area contributed by atoms with Crippen LogP contribution in [0.2, 0.25) is 0 Å². The number of rotatable bonds is 4. The number of hydrogen-bond donors (Lipinski definition) is 1.